The van der Waals surface area contributed by atoms with Gasteiger partial charge in [0.2, 0.25) is 11.8 Å². The molecule has 0 atom stereocenters. The first-order valence-electron chi connectivity index (χ1n) is 6.12. The van der Waals surface area contributed by atoms with E-state index in [9.17, 15) is 9.59 Å². The summed E-state index contributed by atoms with van der Waals surface area (Å²) >= 11 is 0. The highest BCUT2D eigenvalue weighted by atomic mass is 16.5. The second kappa shape index (κ2) is 6.04. The maximum absolute atomic E-state index is 12.0. The van der Waals surface area contributed by atoms with Gasteiger partial charge >= 0.3 is 0 Å². The molecule has 19 heavy (non-hydrogen) atoms. The van der Waals surface area contributed by atoms with Crippen molar-refractivity contribution < 1.29 is 14.3 Å². The second-order valence-corrected chi connectivity index (χ2v) is 4.14. The molecule has 5 heteroatoms. The number of amides is 2. The van der Waals surface area contributed by atoms with Crippen molar-refractivity contribution in [1.82, 2.24) is 5.32 Å². The van der Waals surface area contributed by atoms with Crippen LogP contribution in [-0.4, -0.2) is 31.5 Å². The summed E-state index contributed by atoms with van der Waals surface area (Å²) in [5.41, 5.74) is 0.638. The second-order valence-electron chi connectivity index (χ2n) is 4.14. The number of fused-ring (bicyclic) bond motifs is 1. The molecular weight excluding hydrogens is 244 g/mol. The highest BCUT2D eigenvalue weighted by molar-refractivity contribution is 6.00. The first-order chi connectivity index (χ1) is 9.22. The number of anilines is 1. The maximum Gasteiger partial charge on any atom is 0.240 e. The fourth-order valence-electron chi connectivity index (χ4n) is 1.88. The van der Waals surface area contributed by atoms with Crippen molar-refractivity contribution in [3.05, 3.63) is 36.9 Å². The van der Waals surface area contributed by atoms with Gasteiger partial charge in [0.25, 0.3) is 0 Å². The van der Waals surface area contributed by atoms with Gasteiger partial charge in [-0.25, -0.2) is 0 Å². The van der Waals surface area contributed by atoms with E-state index in [1.54, 1.807) is 18.2 Å². The molecule has 0 saturated carbocycles. The normalized spacial score (nSPS) is 14.1. The molecule has 0 bridgehead atoms. The third kappa shape index (κ3) is 3.13. The molecule has 1 N–H and O–H groups in total. The van der Waals surface area contributed by atoms with Crippen molar-refractivity contribution >= 4 is 17.5 Å². The monoisotopic (exact) mass is 260 g/mol. The van der Waals surface area contributed by atoms with Gasteiger partial charge < -0.3 is 10.1 Å². The number of nitrogens with zero attached hydrogens (tertiary/aromatic N) is 1. The lowest BCUT2D eigenvalue weighted by Crippen LogP contribution is -2.40. The molecule has 1 heterocycles. The van der Waals surface area contributed by atoms with Crippen LogP contribution in [0.3, 0.4) is 0 Å². The molecule has 0 aromatic heterocycles. The van der Waals surface area contributed by atoms with Crippen molar-refractivity contribution in [3.8, 4) is 5.75 Å². The molecule has 0 spiro atoms. The van der Waals surface area contributed by atoms with Gasteiger partial charge in [-0.2, -0.15) is 0 Å². The number of carbonyl (C=O) groups excluding carboxylic acids is 2. The van der Waals surface area contributed by atoms with E-state index in [0.29, 0.717) is 24.6 Å². The summed E-state index contributed by atoms with van der Waals surface area (Å²) in [6.07, 6.45) is 1.86. The Morgan fingerprint density at radius 2 is 2.26 bits per heavy atom. The van der Waals surface area contributed by atoms with E-state index in [-0.39, 0.29) is 24.8 Å². The smallest absolute Gasteiger partial charge is 0.240 e. The predicted molar refractivity (Wildman–Crippen MR) is 72.1 cm³/mol. The number of rotatable bonds is 4. The van der Waals surface area contributed by atoms with E-state index in [2.05, 4.69) is 11.9 Å². The van der Waals surface area contributed by atoms with Gasteiger partial charge in [0, 0.05) is 6.54 Å². The number of benzene rings is 1. The number of para-hydroxylation sites is 2. The molecule has 100 valence electrons. The Kier molecular flexibility index (Phi) is 4.18. The van der Waals surface area contributed by atoms with E-state index >= 15 is 0 Å². The summed E-state index contributed by atoms with van der Waals surface area (Å²) in [6.45, 7) is 4.25. The number of hydrogen-bond acceptors (Lipinski definition) is 3. The standard InChI is InChI=1S/C14H16N2O3/c1-2-8-15-13(17)10-16-11-5-3-4-6-12(11)19-9-7-14(16)18/h2-6H,1,7-10H2,(H,15,17). The van der Waals surface area contributed by atoms with Gasteiger partial charge in [-0.15, -0.1) is 6.58 Å². The Morgan fingerprint density at radius 3 is 3.05 bits per heavy atom. The maximum atomic E-state index is 12.0. The Bertz CT molecular complexity index is 499. The summed E-state index contributed by atoms with van der Waals surface area (Å²) in [7, 11) is 0. The number of ether oxygens (including phenoxy) is 1. The van der Waals surface area contributed by atoms with E-state index in [4.69, 9.17) is 4.74 Å². The van der Waals surface area contributed by atoms with Crippen LogP contribution < -0.4 is 15.0 Å². The summed E-state index contributed by atoms with van der Waals surface area (Å²) in [5.74, 6) is 0.300. The quantitative estimate of drug-likeness (QED) is 0.825. The van der Waals surface area contributed by atoms with Crippen molar-refractivity contribution in [2.75, 3.05) is 24.6 Å². The van der Waals surface area contributed by atoms with Gasteiger partial charge in [-0.1, -0.05) is 18.2 Å². The zero-order valence-corrected chi connectivity index (χ0v) is 10.6. The molecule has 0 fully saturated rings. The molecular formula is C14H16N2O3. The van der Waals surface area contributed by atoms with E-state index < -0.39 is 0 Å². The number of nitrogens with one attached hydrogen (secondary N) is 1. The summed E-state index contributed by atoms with van der Waals surface area (Å²) in [5, 5.41) is 2.66. The van der Waals surface area contributed by atoms with Crippen molar-refractivity contribution in [2.24, 2.45) is 0 Å². The lowest BCUT2D eigenvalue weighted by Gasteiger charge is -2.21. The van der Waals surface area contributed by atoms with E-state index in [1.165, 1.54) is 4.90 Å². The predicted octanol–water partition coefficient (Wildman–Crippen LogP) is 1.10. The van der Waals surface area contributed by atoms with Gasteiger partial charge in [0.15, 0.2) is 0 Å². The molecule has 1 aromatic carbocycles. The number of carbonyl (C=O) groups is 2. The minimum atomic E-state index is -0.218. The van der Waals surface area contributed by atoms with Gasteiger partial charge in [0.1, 0.15) is 12.3 Å². The van der Waals surface area contributed by atoms with Crippen LogP contribution in [0, 0.1) is 0 Å². The SMILES string of the molecule is C=CCNC(=O)CN1C(=O)CCOc2ccccc21. The highest BCUT2D eigenvalue weighted by Gasteiger charge is 2.24. The average Bonchev–Trinajstić information content (AvgIpc) is 2.57. The average molecular weight is 260 g/mol. The van der Waals surface area contributed by atoms with E-state index in [0.717, 1.165) is 0 Å². The fraction of sp³-hybridized carbons (Fsp3) is 0.286. The molecule has 0 aliphatic carbocycles. The molecule has 0 unspecified atom stereocenters. The topological polar surface area (TPSA) is 58.6 Å². The Hall–Kier alpha value is -2.30. The molecule has 1 aliphatic rings. The first kappa shape index (κ1) is 13.1. The molecule has 2 rings (SSSR count). The molecule has 2 amide bonds. The molecule has 0 radical (unpaired) electrons. The Labute approximate surface area is 111 Å². The van der Waals surface area contributed by atoms with Crippen LogP contribution in [0.25, 0.3) is 0 Å². The summed E-state index contributed by atoms with van der Waals surface area (Å²) in [6, 6.07) is 7.22. The van der Waals surface area contributed by atoms with Crippen LogP contribution in [-0.2, 0) is 9.59 Å². The Morgan fingerprint density at radius 1 is 1.47 bits per heavy atom. The van der Waals surface area contributed by atoms with Crippen molar-refractivity contribution in [3.63, 3.8) is 0 Å². The molecule has 1 aliphatic heterocycles. The minimum Gasteiger partial charge on any atom is -0.491 e. The van der Waals surface area contributed by atoms with Gasteiger partial charge in [-0.3, -0.25) is 14.5 Å². The molecule has 5 nitrogen and oxygen atoms in total. The first-order valence-corrected chi connectivity index (χ1v) is 6.12. The minimum absolute atomic E-state index is 0.00690. The van der Waals surface area contributed by atoms with Crippen molar-refractivity contribution in [2.45, 2.75) is 6.42 Å². The summed E-state index contributed by atoms with van der Waals surface area (Å²) < 4.78 is 5.50. The Balaban J connectivity index is 2.19. The lowest BCUT2D eigenvalue weighted by molar-refractivity contribution is -0.123. The van der Waals surface area contributed by atoms with Crippen LogP contribution in [0.1, 0.15) is 6.42 Å². The van der Waals surface area contributed by atoms with Crippen LogP contribution >= 0.6 is 0 Å². The van der Waals surface area contributed by atoms with Gasteiger partial charge in [-0.05, 0) is 12.1 Å². The van der Waals surface area contributed by atoms with E-state index in [1.807, 2.05) is 12.1 Å². The van der Waals surface area contributed by atoms with Crippen LogP contribution in [0.2, 0.25) is 0 Å². The van der Waals surface area contributed by atoms with Gasteiger partial charge in [0.05, 0.1) is 18.7 Å². The van der Waals surface area contributed by atoms with Crippen LogP contribution in [0.5, 0.6) is 5.75 Å². The molecule has 1 aromatic rings. The van der Waals surface area contributed by atoms with Crippen LogP contribution in [0.15, 0.2) is 36.9 Å². The zero-order valence-electron chi connectivity index (χ0n) is 10.6. The van der Waals surface area contributed by atoms with Crippen molar-refractivity contribution in [1.29, 1.82) is 0 Å². The summed E-state index contributed by atoms with van der Waals surface area (Å²) in [4.78, 5) is 25.2. The largest absolute Gasteiger partial charge is 0.491 e. The highest BCUT2D eigenvalue weighted by Crippen LogP contribution is 2.30. The zero-order chi connectivity index (χ0) is 13.7. The fourth-order valence-corrected chi connectivity index (χ4v) is 1.88. The van der Waals surface area contributed by atoms with Crippen LogP contribution in [0.4, 0.5) is 5.69 Å². The third-order valence-corrected chi connectivity index (χ3v) is 2.78. The third-order valence-electron chi connectivity index (χ3n) is 2.78. The molecule has 0 saturated heterocycles. The lowest BCUT2D eigenvalue weighted by atomic mass is 10.2. The number of hydrogen-bond donors (Lipinski definition) is 1.